The highest BCUT2D eigenvalue weighted by molar-refractivity contribution is 6.05. The molecule has 168 valence electrons. The Morgan fingerprint density at radius 2 is 1.58 bits per heavy atom. The van der Waals surface area contributed by atoms with Crippen molar-refractivity contribution in [3.05, 3.63) is 34.4 Å². The average Bonchev–Trinajstić information content (AvgIpc) is 3.32. The number of methoxy groups -OCH3 is 5. The molecule has 2 heterocycles. The van der Waals surface area contributed by atoms with Gasteiger partial charge in [-0.3, -0.25) is 4.79 Å². The summed E-state index contributed by atoms with van der Waals surface area (Å²) >= 11 is 0. The van der Waals surface area contributed by atoms with Gasteiger partial charge in [-0.25, -0.2) is 9.59 Å². The van der Waals surface area contributed by atoms with Gasteiger partial charge in [0.1, 0.15) is 11.7 Å². The van der Waals surface area contributed by atoms with Gasteiger partial charge in [0.2, 0.25) is 0 Å². The first-order chi connectivity index (χ1) is 14.8. The van der Waals surface area contributed by atoms with Gasteiger partial charge in [0.05, 0.1) is 46.7 Å². The largest absolute Gasteiger partial charge is 0.493 e. The lowest BCUT2D eigenvalue weighted by Gasteiger charge is -2.35. The van der Waals surface area contributed by atoms with Crippen LogP contribution < -0.4 is 9.47 Å². The average molecular weight is 434 g/mol. The van der Waals surface area contributed by atoms with E-state index in [1.165, 1.54) is 35.5 Å². The number of rotatable bonds is 8. The second-order valence-electron chi connectivity index (χ2n) is 7.32. The zero-order valence-electron chi connectivity index (χ0n) is 18.4. The lowest BCUT2D eigenvalue weighted by molar-refractivity contribution is -0.142. The number of esters is 3. The first-order valence-corrected chi connectivity index (χ1v) is 9.72. The van der Waals surface area contributed by atoms with Crippen LogP contribution in [0.25, 0.3) is 0 Å². The Labute approximate surface area is 180 Å². The van der Waals surface area contributed by atoms with E-state index in [0.717, 1.165) is 0 Å². The summed E-state index contributed by atoms with van der Waals surface area (Å²) in [6.45, 7) is 1.84. The van der Waals surface area contributed by atoms with Gasteiger partial charge in [0.15, 0.2) is 11.5 Å². The van der Waals surface area contributed by atoms with Gasteiger partial charge < -0.3 is 28.4 Å². The van der Waals surface area contributed by atoms with Crippen LogP contribution in [0.4, 0.5) is 0 Å². The van der Waals surface area contributed by atoms with E-state index in [4.69, 9.17) is 28.4 Å². The molecule has 9 nitrogen and oxygen atoms in total. The first-order valence-electron chi connectivity index (χ1n) is 9.72. The monoisotopic (exact) mass is 434 g/mol. The molecular weight excluding hydrogens is 408 g/mol. The van der Waals surface area contributed by atoms with Crippen LogP contribution in [0.5, 0.6) is 11.5 Å². The first kappa shape index (κ1) is 22.6. The van der Waals surface area contributed by atoms with Crippen molar-refractivity contribution in [3.63, 3.8) is 0 Å². The number of carbonyl (C=O) groups is 3. The van der Waals surface area contributed by atoms with E-state index in [1.54, 1.807) is 12.1 Å². The Hall–Kier alpha value is -3.07. The van der Waals surface area contributed by atoms with Crippen molar-refractivity contribution < 1.29 is 42.8 Å². The fourth-order valence-electron chi connectivity index (χ4n) is 4.44. The molecule has 3 rings (SSSR count). The highest BCUT2D eigenvalue weighted by Gasteiger charge is 2.63. The van der Waals surface area contributed by atoms with Gasteiger partial charge in [0, 0.05) is 6.42 Å². The van der Waals surface area contributed by atoms with Crippen LogP contribution in [0.15, 0.2) is 23.3 Å². The Bertz CT molecular complexity index is 949. The maximum atomic E-state index is 12.9. The molecule has 2 aliphatic heterocycles. The van der Waals surface area contributed by atoms with E-state index in [1.807, 2.05) is 6.92 Å². The van der Waals surface area contributed by atoms with Gasteiger partial charge in [-0.05, 0) is 35.6 Å². The molecule has 1 aromatic rings. The predicted molar refractivity (Wildman–Crippen MR) is 107 cm³/mol. The van der Waals surface area contributed by atoms with Crippen molar-refractivity contribution in [2.24, 2.45) is 5.92 Å². The van der Waals surface area contributed by atoms with Crippen LogP contribution in [-0.2, 0) is 38.9 Å². The number of hydrogen-bond acceptors (Lipinski definition) is 9. The number of benzene rings is 1. The van der Waals surface area contributed by atoms with Crippen molar-refractivity contribution in [3.8, 4) is 11.5 Å². The van der Waals surface area contributed by atoms with E-state index in [-0.39, 0.29) is 23.5 Å². The highest BCUT2D eigenvalue weighted by Crippen LogP contribution is 2.63. The summed E-state index contributed by atoms with van der Waals surface area (Å²) in [6, 6.07) is 3.46. The van der Waals surface area contributed by atoms with E-state index in [2.05, 4.69) is 0 Å². The molecule has 0 N–H and O–H groups in total. The second kappa shape index (κ2) is 8.58. The molecule has 0 aliphatic carbocycles. The zero-order chi connectivity index (χ0) is 22.9. The zero-order valence-corrected chi connectivity index (χ0v) is 18.4. The molecule has 2 bridgehead atoms. The van der Waals surface area contributed by atoms with Gasteiger partial charge in [0.25, 0.3) is 0 Å². The fraction of sp³-hybridized carbons (Fsp3) is 0.500. The van der Waals surface area contributed by atoms with Crippen LogP contribution in [0, 0.1) is 5.92 Å². The number of hydrogen-bond donors (Lipinski definition) is 0. The lowest BCUT2D eigenvalue weighted by Crippen LogP contribution is -2.38. The smallest absolute Gasteiger partial charge is 0.337 e. The highest BCUT2D eigenvalue weighted by atomic mass is 16.6. The summed E-state index contributed by atoms with van der Waals surface area (Å²) in [6.07, 6.45) is -0.405. The third kappa shape index (κ3) is 3.33. The van der Waals surface area contributed by atoms with Crippen molar-refractivity contribution in [1.82, 2.24) is 0 Å². The van der Waals surface area contributed by atoms with Gasteiger partial charge in [-0.15, -0.1) is 0 Å². The quantitative estimate of drug-likeness (QED) is 0.450. The summed E-state index contributed by atoms with van der Waals surface area (Å²) < 4.78 is 32.0. The van der Waals surface area contributed by atoms with Crippen molar-refractivity contribution >= 4 is 17.9 Å². The van der Waals surface area contributed by atoms with Gasteiger partial charge >= 0.3 is 17.9 Å². The second-order valence-corrected chi connectivity index (χ2v) is 7.32. The van der Waals surface area contributed by atoms with Crippen LogP contribution in [0.2, 0.25) is 0 Å². The molecule has 0 aromatic heterocycles. The standard InChI is InChI=1S/C22H26O9/c1-11(7-8-16(23)28-4)22-13-10-15(27-3)14(26-2)9-12(13)19(31-22)17(20(24)29-5)18(22)21(25)30-6/h9-11,19H,7-8H2,1-6H3. The summed E-state index contributed by atoms with van der Waals surface area (Å²) in [5.41, 5.74) is 0.142. The third-order valence-electron chi connectivity index (χ3n) is 5.94. The molecular formula is C22H26O9. The summed E-state index contributed by atoms with van der Waals surface area (Å²) in [5, 5.41) is 0. The van der Waals surface area contributed by atoms with Crippen LogP contribution in [-0.4, -0.2) is 53.5 Å². The van der Waals surface area contributed by atoms with Crippen LogP contribution in [0.1, 0.15) is 37.0 Å². The molecule has 1 aromatic carbocycles. The molecule has 0 radical (unpaired) electrons. The fourth-order valence-corrected chi connectivity index (χ4v) is 4.44. The topological polar surface area (TPSA) is 107 Å². The Morgan fingerprint density at radius 1 is 0.968 bits per heavy atom. The molecule has 2 aliphatic rings. The minimum absolute atomic E-state index is 0.0731. The molecule has 3 atom stereocenters. The molecule has 0 saturated carbocycles. The lowest BCUT2D eigenvalue weighted by atomic mass is 9.70. The minimum atomic E-state index is -1.33. The molecule has 3 unspecified atom stereocenters. The van der Waals surface area contributed by atoms with E-state index in [0.29, 0.717) is 29.0 Å². The molecule has 0 spiro atoms. The maximum absolute atomic E-state index is 12.9. The van der Waals surface area contributed by atoms with Crippen molar-refractivity contribution in [2.45, 2.75) is 31.5 Å². The van der Waals surface area contributed by atoms with Crippen LogP contribution >= 0.6 is 0 Å². The summed E-state index contributed by atoms with van der Waals surface area (Å²) in [7, 11) is 6.79. The number of carbonyl (C=O) groups excluding carboxylic acids is 3. The minimum Gasteiger partial charge on any atom is -0.493 e. The molecule has 9 heteroatoms. The van der Waals surface area contributed by atoms with E-state index in [9.17, 15) is 14.4 Å². The molecule has 0 amide bonds. The molecule has 31 heavy (non-hydrogen) atoms. The molecule has 0 fully saturated rings. The van der Waals surface area contributed by atoms with Crippen molar-refractivity contribution in [1.29, 1.82) is 0 Å². The SMILES string of the molecule is COC(=O)CCC(C)C12OC(C(C(=O)OC)=C1C(=O)OC)c1cc(OC)c(OC)cc12. The summed E-state index contributed by atoms with van der Waals surface area (Å²) in [5.74, 6) is -1.27. The Kier molecular flexibility index (Phi) is 6.26. The Balaban J connectivity index is 2.26. The van der Waals surface area contributed by atoms with Crippen LogP contribution in [0.3, 0.4) is 0 Å². The van der Waals surface area contributed by atoms with Crippen molar-refractivity contribution in [2.75, 3.05) is 35.5 Å². The predicted octanol–water partition coefficient (Wildman–Crippen LogP) is 2.22. The summed E-state index contributed by atoms with van der Waals surface area (Å²) in [4.78, 5) is 37.4. The molecule has 0 saturated heterocycles. The maximum Gasteiger partial charge on any atom is 0.337 e. The number of ether oxygens (including phenoxy) is 6. The number of fused-ring (bicyclic) bond motifs is 5. The third-order valence-corrected chi connectivity index (χ3v) is 5.94. The Morgan fingerprint density at radius 3 is 2.13 bits per heavy atom. The van der Waals surface area contributed by atoms with E-state index >= 15 is 0 Å². The van der Waals surface area contributed by atoms with Gasteiger partial charge in [-0.2, -0.15) is 0 Å². The van der Waals surface area contributed by atoms with Gasteiger partial charge in [-0.1, -0.05) is 6.92 Å². The normalized spacial score (nSPS) is 21.9. The van der Waals surface area contributed by atoms with E-state index < -0.39 is 29.6 Å².